The summed E-state index contributed by atoms with van der Waals surface area (Å²) >= 11 is 0. The quantitative estimate of drug-likeness (QED) is 0.813. The fraction of sp³-hybridized carbons (Fsp3) is 0.529. The van der Waals surface area contributed by atoms with Crippen molar-refractivity contribution in [3.8, 4) is 0 Å². The van der Waals surface area contributed by atoms with Crippen molar-refractivity contribution in [2.24, 2.45) is 5.92 Å². The standard InChI is InChI=1S/C17H24N4O2.2ClH/c22-16(19-15-4-2-1-3-5-15)13-20-8-10-21(11-9-20)17(23)14-6-7-18-12-14;;/h1-5,14,18H,6-13H2,(H,19,22);2*1H. The van der Waals surface area contributed by atoms with Crippen LogP contribution in [0.4, 0.5) is 5.69 Å². The van der Waals surface area contributed by atoms with E-state index in [1.165, 1.54) is 0 Å². The maximum Gasteiger partial charge on any atom is 0.238 e. The SMILES string of the molecule is Cl.Cl.O=C(CN1CCN(C(=O)C2CCNC2)CC1)Nc1ccccc1. The highest BCUT2D eigenvalue weighted by Crippen LogP contribution is 2.14. The summed E-state index contributed by atoms with van der Waals surface area (Å²) in [6.07, 6.45) is 0.943. The van der Waals surface area contributed by atoms with E-state index in [1.807, 2.05) is 35.2 Å². The number of hydrogen-bond acceptors (Lipinski definition) is 4. The van der Waals surface area contributed by atoms with Gasteiger partial charge < -0.3 is 15.5 Å². The molecule has 8 heteroatoms. The third kappa shape index (κ3) is 6.15. The van der Waals surface area contributed by atoms with Crippen LogP contribution in [0.2, 0.25) is 0 Å². The van der Waals surface area contributed by atoms with Crippen LogP contribution in [0.15, 0.2) is 30.3 Å². The summed E-state index contributed by atoms with van der Waals surface area (Å²) in [6.45, 7) is 5.07. The van der Waals surface area contributed by atoms with E-state index in [4.69, 9.17) is 0 Å². The number of halogens is 2. The normalized spacial score (nSPS) is 20.3. The van der Waals surface area contributed by atoms with Crippen molar-refractivity contribution in [2.75, 3.05) is 51.1 Å². The molecule has 2 aliphatic heterocycles. The molecule has 0 bridgehead atoms. The summed E-state index contributed by atoms with van der Waals surface area (Å²) in [5, 5.41) is 6.14. The molecule has 2 saturated heterocycles. The molecule has 2 fully saturated rings. The van der Waals surface area contributed by atoms with Gasteiger partial charge in [-0.15, -0.1) is 24.8 Å². The number of piperazine rings is 1. The Bertz CT molecular complexity index is 545. The van der Waals surface area contributed by atoms with Crippen molar-refractivity contribution in [3.63, 3.8) is 0 Å². The zero-order valence-corrected chi connectivity index (χ0v) is 15.8. The first-order valence-electron chi connectivity index (χ1n) is 8.29. The molecule has 1 atom stereocenters. The largest absolute Gasteiger partial charge is 0.340 e. The molecule has 1 unspecified atom stereocenters. The number of rotatable bonds is 4. The Morgan fingerprint density at radius 3 is 2.36 bits per heavy atom. The third-order valence-corrected chi connectivity index (χ3v) is 4.52. The lowest BCUT2D eigenvalue weighted by Crippen LogP contribution is -2.52. The van der Waals surface area contributed by atoms with Crippen LogP contribution in [-0.4, -0.2) is 67.4 Å². The van der Waals surface area contributed by atoms with Gasteiger partial charge in [0.15, 0.2) is 0 Å². The van der Waals surface area contributed by atoms with Crippen LogP contribution in [0.25, 0.3) is 0 Å². The molecule has 25 heavy (non-hydrogen) atoms. The second kappa shape index (κ2) is 10.6. The van der Waals surface area contributed by atoms with Crippen molar-refractivity contribution in [3.05, 3.63) is 30.3 Å². The van der Waals surface area contributed by atoms with Crippen molar-refractivity contribution >= 4 is 42.3 Å². The molecule has 0 saturated carbocycles. The second-order valence-corrected chi connectivity index (χ2v) is 6.21. The highest BCUT2D eigenvalue weighted by Gasteiger charge is 2.29. The molecule has 1 aromatic rings. The molecular weight excluding hydrogens is 363 g/mol. The molecule has 140 valence electrons. The number of hydrogen-bond donors (Lipinski definition) is 2. The van der Waals surface area contributed by atoms with Gasteiger partial charge in [0.25, 0.3) is 0 Å². The van der Waals surface area contributed by atoms with Gasteiger partial charge >= 0.3 is 0 Å². The number of benzene rings is 1. The maximum atomic E-state index is 12.4. The summed E-state index contributed by atoms with van der Waals surface area (Å²) in [7, 11) is 0. The van der Waals surface area contributed by atoms with Gasteiger partial charge in [-0.2, -0.15) is 0 Å². The first kappa shape index (κ1) is 21.7. The minimum atomic E-state index is -0.00373. The molecule has 2 N–H and O–H groups in total. The summed E-state index contributed by atoms with van der Waals surface area (Å²) in [5.74, 6) is 0.405. The number of carbonyl (C=O) groups is 2. The third-order valence-electron chi connectivity index (χ3n) is 4.52. The number of anilines is 1. The van der Waals surface area contributed by atoms with E-state index < -0.39 is 0 Å². The summed E-state index contributed by atoms with van der Waals surface area (Å²) < 4.78 is 0. The molecular formula is C17H26Cl2N4O2. The zero-order chi connectivity index (χ0) is 16.1. The van der Waals surface area contributed by atoms with Crippen molar-refractivity contribution in [1.29, 1.82) is 0 Å². The lowest BCUT2D eigenvalue weighted by molar-refractivity contribution is -0.136. The van der Waals surface area contributed by atoms with Crippen LogP contribution in [0, 0.1) is 5.92 Å². The van der Waals surface area contributed by atoms with E-state index in [0.29, 0.717) is 19.6 Å². The predicted octanol–water partition coefficient (Wildman–Crippen LogP) is 1.22. The van der Waals surface area contributed by atoms with Crippen molar-refractivity contribution < 1.29 is 9.59 Å². The Hall–Kier alpha value is -1.34. The van der Waals surface area contributed by atoms with E-state index in [-0.39, 0.29) is 42.5 Å². The molecule has 1 aromatic carbocycles. The molecule has 0 aromatic heterocycles. The van der Waals surface area contributed by atoms with Gasteiger partial charge in [0.1, 0.15) is 0 Å². The fourth-order valence-corrected chi connectivity index (χ4v) is 3.18. The van der Waals surface area contributed by atoms with Gasteiger partial charge in [0.2, 0.25) is 11.8 Å². The predicted molar refractivity (Wildman–Crippen MR) is 104 cm³/mol. The smallest absolute Gasteiger partial charge is 0.238 e. The van der Waals surface area contributed by atoms with Crippen molar-refractivity contribution in [1.82, 2.24) is 15.1 Å². The number of carbonyl (C=O) groups excluding carboxylic acids is 2. The van der Waals surface area contributed by atoms with Crippen LogP contribution < -0.4 is 10.6 Å². The maximum absolute atomic E-state index is 12.4. The summed E-state index contributed by atoms with van der Waals surface area (Å²) in [4.78, 5) is 28.5. The van der Waals surface area contributed by atoms with E-state index in [1.54, 1.807) is 0 Å². The minimum Gasteiger partial charge on any atom is -0.340 e. The Morgan fingerprint density at radius 2 is 1.76 bits per heavy atom. The second-order valence-electron chi connectivity index (χ2n) is 6.21. The van der Waals surface area contributed by atoms with Gasteiger partial charge in [-0.3, -0.25) is 14.5 Å². The first-order valence-corrected chi connectivity index (χ1v) is 8.29. The lowest BCUT2D eigenvalue weighted by Gasteiger charge is -2.35. The summed E-state index contributed by atoms with van der Waals surface area (Å²) in [6, 6.07) is 9.48. The van der Waals surface area contributed by atoms with Gasteiger partial charge in [-0.05, 0) is 25.1 Å². The van der Waals surface area contributed by atoms with E-state index in [9.17, 15) is 9.59 Å². The van der Waals surface area contributed by atoms with Crippen LogP contribution in [0.3, 0.4) is 0 Å². The van der Waals surface area contributed by atoms with Crippen LogP contribution in [-0.2, 0) is 9.59 Å². The van der Waals surface area contributed by atoms with E-state index in [0.717, 1.165) is 38.3 Å². The molecule has 2 amide bonds. The van der Waals surface area contributed by atoms with Gasteiger partial charge in [0.05, 0.1) is 12.5 Å². The highest BCUT2D eigenvalue weighted by atomic mass is 35.5. The van der Waals surface area contributed by atoms with E-state index in [2.05, 4.69) is 15.5 Å². The van der Waals surface area contributed by atoms with Crippen LogP contribution in [0.1, 0.15) is 6.42 Å². The zero-order valence-electron chi connectivity index (χ0n) is 14.1. The first-order chi connectivity index (χ1) is 11.2. The molecule has 0 spiro atoms. The number of para-hydroxylation sites is 1. The van der Waals surface area contributed by atoms with E-state index >= 15 is 0 Å². The molecule has 2 aliphatic rings. The van der Waals surface area contributed by atoms with Gasteiger partial charge in [-0.25, -0.2) is 0 Å². The fourth-order valence-electron chi connectivity index (χ4n) is 3.18. The number of nitrogens with zero attached hydrogens (tertiary/aromatic N) is 2. The van der Waals surface area contributed by atoms with Crippen molar-refractivity contribution in [2.45, 2.75) is 6.42 Å². The molecule has 3 rings (SSSR count). The number of nitrogens with one attached hydrogen (secondary N) is 2. The van der Waals surface area contributed by atoms with Crippen LogP contribution >= 0.6 is 24.8 Å². The average molecular weight is 389 g/mol. The summed E-state index contributed by atoms with van der Waals surface area (Å²) in [5.41, 5.74) is 0.819. The average Bonchev–Trinajstić information content (AvgIpc) is 3.10. The minimum absolute atomic E-state index is 0. The molecule has 2 heterocycles. The Labute approximate surface area is 161 Å². The Morgan fingerprint density at radius 1 is 1.08 bits per heavy atom. The van der Waals surface area contributed by atoms with Gasteiger partial charge in [0, 0.05) is 38.4 Å². The van der Waals surface area contributed by atoms with Crippen LogP contribution in [0.5, 0.6) is 0 Å². The molecule has 0 aliphatic carbocycles. The topological polar surface area (TPSA) is 64.7 Å². The molecule has 6 nitrogen and oxygen atoms in total. The highest BCUT2D eigenvalue weighted by molar-refractivity contribution is 5.92. The monoisotopic (exact) mass is 388 g/mol. The Kier molecular flexibility index (Phi) is 9.21. The molecule has 0 radical (unpaired) electrons. The Balaban J connectivity index is 0.00000156. The number of amides is 2. The lowest BCUT2D eigenvalue weighted by atomic mass is 10.1. The van der Waals surface area contributed by atoms with Gasteiger partial charge in [-0.1, -0.05) is 18.2 Å².